The van der Waals surface area contributed by atoms with Gasteiger partial charge in [0.05, 0.1) is 16.7 Å². The number of aromatic amines is 1. The second-order valence-corrected chi connectivity index (χ2v) is 7.17. The monoisotopic (exact) mass is 406 g/mol. The number of halogens is 6. The van der Waals surface area contributed by atoms with Crippen molar-refractivity contribution in [3.63, 3.8) is 0 Å². The Morgan fingerprint density at radius 3 is 2.50 bits per heavy atom. The Bertz CT molecular complexity index is 843. The molecule has 2 fully saturated rings. The van der Waals surface area contributed by atoms with Crippen LogP contribution < -0.4 is 10.1 Å². The first-order valence-electron chi connectivity index (χ1n) is 8.63. The summed E-state index contributed by atoms with van der Waals surface area (Å²) in [5.41, 5.74) is -2.25. The largest absolute Gasteiger partial charge is 0.473 e. The summed E-state index contributed by atoms with van der Waals surface area (Å²) < 4.78 is 82.7. The Morgan fingerprint density at radius 1 is 1.11 bits per heavy atom. The fourth-order valence-electron chi connectivity index (χ4n) is 4.14. The minimum atomic E-state index is -4.60. The van der Waals surface area contributed by atoms with Crippen LogP contribution in [0.25, 0.3) is 0 Å². The van der Waals surface area contributed by atoms with Crippen LogP contribution in [0.4, 0.5) is 26.3 Å². The number of nitrogens with one attached hydrogen (secondary N) is 2. The Labute approximate surface area is 155 Å². The molecule has 0 aromatic carbocycles. The fraction of sp³-hybridized carbons (Fsp3) is 0.529. The SMILES string of the molecule is FC(F)(F)c1ccc(C23CCC(CNC2)C3Oc2cc(C(F)(F)F)n[nH]2)nc1. The van der Waals surface area contributed by atoms with Crippen LogP contribution >= 0.6 is 0 Å². The molecule has 3 heterocycles. The van der Waals surface area contributed by atoms with Crippen molar-refractivity contribution in [3.05, 3.63) is 41.3 Å². The van der Waals surface area contributed by atoms with Crippen molar-refractivity contribution in [2.45, 2.75) is 36.7 Å². The number of H-pyrrole nitrogens is 1. The smallest absolute Gasteiger partial charge is 0.435 e. The highest BCUT2D eigenvalue weighted by molar-refractivity contribution is 5.30. The first kappa shape index (κ1) is 19.0. The molecule has 11 heteroatoms. The van der Waals surface area contributed by atoms with Gasteiger partial charge in [0.1, 0.15) is 6.10 Å². The van der Waals surface area contributed by atoms with Crippen molar-refractivity contribution < 1.29 is 31.1 Å². The summed E-state index contributed by atoms with van der Waals surface area (Å²) in [4.78, 5) is 4.03. The van der Waals surface area contributed by atoms with Crippen LogP contribution in [0.5, 0.6) is 5.88 Å². The summed E-state index contributed by atoms with van der Waals surface area (Å²) >= 11 is 0. The van der Waals surface area contributed by atoms with Crippen LogP contribution in [0.3, 0.4) is 0 Å². The number of ether oxygens (including phenoxy) is 1. The van der Waals surface area contributed by atoms with E-state index in [1.54, 1.807) is 0 Å². The van der Waals surface area contributed by atoms with Gasteiger partial charge in [0.25, 0.3) is 0 Å². The third-order valence-electron chi connectivity index (χ3n) is 5.48. The lowest BCUT2D eigenvalue weighted by Gasteiger charge is -2.40. The van der Waals surface area contributed by atoms with Gasteiger partial charge >= 0.3 is 12.4 Å². The minimum Gasteiger partial charge on any atom is -0.473 e. The molecule has 152 valence electrons. The molecule has 1 saturated carbocycles. The van der Waals surface area contributed by atoms with Crippen LogP contribution in [0.2, 0.25) is 0 Å². The highest BCUT2D eigenvalue weighted by Gasteiger charge is 2.55. The lowest BCUT2D eigenvalue weighted by molar-refractivity contribution is -0.141. The maximum Gasteiger partial charge on any atom is 0.435 e. The van der Waals surface area contributed by atoms with E-state index in [0.29, 0.717) is 25.2 Å². The van der Waals surface area contributed by atoms with E-state index in [4.69, 9.17) is 4.74 Å². The van der Waals surface area contributed by atoms with Gasteiger partial charge in [-0.05, 0) is 25.0 Å². The molecule has 1 aliphatic heterocycles. The number of aromatic nitrogens is 3. The van der Waals surface area contributed by atoms with E-state index >= 15 is 0 Å². The molecule has 2 N–H and O–H groups in total. The molecule has 3 unspecified atom stereocenters. The number of piperidine rings is 1. The third kappa shape index (κ3) is 3.21. The average Bonchev–Trinajstić information content (AvgIpc) is 3.16. The number of fused-ring (bicyclic) bond motifs is 2. The van der Waals surface area contributed by atoms with Gasteiger partial charge < -0.3 is 10.1 Å². The zero-order chi connectivity index (χ0) is 20.2. The molecule has 5 nitrogen and oxygen atoms in total. The molecule has 2 aromatic rings. The fourth-order valence-corrected chi connectivity index (χ4v) is 4.14. The van der Waals surface area contributed by atoms with Crippen molar-refractivity contribution in [1.82, 2.24) is 20.5 Å². The summed E-state index contributed by atoms with van der Waals surface area (Å²) in [6.45, 7) is 1.01. The lowest BCUT2D eigenvalue weighted by Crippen LogP contribution is -2.55. The normalized spacial score (nSPS) is 27.8. The number of nitrogens with zero attached hydrogens (tertiary/aromatic N) is 2. The molecule has 0 amide bonds. The van der Waals surface area contributed by atoms with Gasteiger partial charge in [0.2, 0.25) is 5.88 Å². The maximum atomic E-state index is 12.8. The van der Waals surface area contributed by atoms with E-state index in [1.807, 2.05) is 0 Å². The van der Waals surface area contributed by atoms with Crippen molar-refractivity contribution >= 4 is 0 Å². The van der Waals surface area contributed by atoms with E-state index in [-0.39, 0.29) is 11.8 Å². The molecule has 2 aromatic heterocycles. The first-order valence-corrected chi connectivity index (χ1v) is 8.63. The van der Waals surface area contributed by atoms with E-state index in [0.717, 1.165) is 24.8 Å². The van der Waals surface area contributed by atoms with E-state index in [1.165, 1.54) is 6.07 Å². The molecule has 2 aliphatic rings. The number of alkyl halides is 6. The Kier molecular flexibility index (Phi) is 4.32. The zero-order valence-electron chi connectivity index (χ0n) is 14.4. The summed E-state index contributed by atoms with van der Waals surface area (Å²) in [6, 6.07) is 3.08. The highest BCUT2D eigenvalue weighted by atomic mass is 19.4. The molecule has 0 radical (unpaired) electrons. The van der Waals surface area contributed by atoms with Crippen molar-refractivity contribution in [1.29, 1.82) is 0 Å². The number of rotatable bonds is 3. The Morgan fingerprint density at radius 2 is 1.89 bits per heavy atom. The van der Waals surface area contributed by atoms with Crippen molar-refractivity contribution in [3.8, 4) is 5.88 Å². The summed E-state index contributed by atoms with van der Waals surface area (Å²) in [5, 5.41) is 8.70. The molecule has 1 aliphatic carbocycles. The van der Waals surface area contributed by atoms with Gasteiger partial charge in [-0.1, -0.05) is 0 Å². The van der Waals surface area contributed by atoms with Crippen LogP contribution in [-0.2, 0) is 17.8 Å². The minimum absolute atomic E-state index is 0.00419. The zero-order valence-corrected chi connectivity index (χ0v) is 14.4. The maximum absolute atomic E-state index is 12.8. The van der Waals surface area contributed by atoms with Gasteiger partial charge in [-0.25, -0.2) is 5.10 Å². The van der Waals surface area contributed by atoms with Crippen LogP contribution in [0.1, 0.15) is 29.8 Å². The summed E-state index contributed by atoms with van der Waals surface area (Å²) in [7, 11) is 0. The first-order chi connectivity index (χ1) is 13.1. The van der Waals surface area contributed by atoms with Crippen molar-refractivity contribution in [2.75, 3.05) is 13.1 Å². The van der Waals surface area contributed by atoms with Crippen LogP contribution in [0.15, 0.2) is 24.4 Å². The number of hydrogen-bond donors (Lipinski definition) is 2. The van der Waals surface area contributed by atoms with Gasteiger partial charge in [-0.15, -0.1) is 0 Å². The summed E-state index contributed by atoms with van der Waals surface area (Å²) in [5.74, 6) is -0.127. The predicted molar refractivity (Wildman–Crippen MR) is 84.5 cm³/mol. The topological polar surface area (TPSA) is 62.8 Å². The van der Waals surface area contributed by atoms with E-state index in [2.05, 4.69) is 20.5 Å². The Balaban J connectivity index is 1.64. The molecule has 2 bridgehead atoms. The van der Waals surface area contributed by atoms with Gasteiger partial charge in [0.15, 0.2) is 5.69 Å². The van der Waals surface area contributed by atoms with Gasteiger partial charge in [-0.2, -0.15) is 31.4 Å². The molecule has 28 heavy (non-hydrogen) atoms. The predicted octanol–water partition coefficient (Wildman–Crippen LogP) is 3.54. The number of pyridine rings is 1. The third-order valence-corrected chi connectivity index (χ3v) is 5.48. The quantitative estimate of drug-likeness (QED) is 0.766. The molecular weight excluding hydrogens is 390 g/mol. The molecular formula is C17H16F6N4O. The van der Waals surface area contributed by atoms with Crippen molar-refractivity contribution in [2.24, 2.45) is 5.92 Å². The van der Waals surface area contributed by atoms with Crippen LogP contribution in [0, 0.1) is 5.92 Å². The summed E-state index contributed by atoms with van der Waals surface area (Å²) in [6.07, 6.45) is -7.51. The van der Waals surface area contributed by atoms with E-state index < -0.39 is 35.1 Å². The van der Waals surface area contributed by atoms with Gasteiger partial charge in [0, 0.05) is 31.3 Å². The number of hydrogen-bond acceptors (Lipinski definition) is 4. The molecule has 0 spiro atoms. The highest BCUT2D eigenvalue weighted by Crippen LogP contribution is 2.47. The van der Waals surface area contributed by atoms with Gasteiger partial charge in [-0.3, -0.25) is 4.98 Å². The molecule has 3 atom stereocenters. The second kappa shape index (κ2) is 6.36. The second-order valence-electron chi connectivity index (χ2n) is 7.17. The van der Waals surface area contributed by atoms with Crippen LogP contribution in [-0.4, -0.2) is 34.4 Å². The van der Waals surface area contributed by atoms with E-state index in [9.17, 15) is 26.3 Å². The standard InChI is InChI=1S/C17H16F6N4O/c18-16(19,20)10-1-2-11(25-7-10)15-4-3-9(6-24-8-15)14(15)28-13-5-12(26-27-13)17(21,22)23/h1-2,5,7,9,14,24H,3-4,6,8H2,(H,26,27). The average molecular weight is 406 g/mol. The lowest BCUT2D eigenvalue weighted by atomic mass is 9.76. The Hall–Kier alpha value is -2.30. The molecule has 4 rings (SSSR count). The molecule has 1 saturated heterocycles.